The lowest BCUT2D eigenvalue weighted by molar-refractivity contribution is 0.0594. The maximum Gasteiger partial charge on any atom is 0.255 e. The molecule has 0 aromatic carbocycles. The zero-order valence-corrected chi connectivity index (χ0v) is 16.2. The minimum absolute atomic E-state index is 0.00605. The van der Waals surface area contributed by atoms with Crippen LogP contribution in [0.3, 0.4) is 0 Å². The largest absolute Gasteiger partial charge is 0.489 e. The van der Waals surface area contributed by atoms with E-state index >= 15 is 0 Å². The second kappa shape index (κ2) is 8.68. The minimum atomic E-state index is -0.00605. The Balaban J connectivity index is 1.27. The first-order valence-electron chi connectivity index (χ1n) is 9.61. The van der Waals surface area contributed by atoms with E-state index in [0.717, 1.165) is 24.4 Å². The highest BCUT2D eigenvalue weighted by molar-refractivity contribution is 5.94. The van der Waals surface area contributed by atoms with Crippen molar-refractivity contribution < 1.29 is 9.53 Å². The molecule has 3 aromatic heterocycles. The standard InChI is InChI=1S/C20H23N7O2/c1-14-24-19(26-25-14)13-23-18-5-4-15(11-22-18)20(28)27-9-6-16(7-10-27)29-17-3-2-8-21-12-17/h2-5,8,11-12,16H,6-7,9-10,13H2,1H3,(H,22,23)(H,24,25,26). The van der Waals surface area contributed by atoms with Crippen molar-refractivity contribution in [1.29, 1.82) is 0 Å². The number of aromatic nitrogens is 5. The van der Waals surface area contributed by atoms with Crippen molar-refractivity contribution in [2.45, 2.75) is 32.4 Å². The van der Waals surface area contributed by atoms with Crippen LogP contribution in [0.2, 0.25) is 0 Å². The summed E-state index contributed by atoms with van der Waals surface area (Å²) in [6.07, 6.45) is 6.73. The van der Waals surface area contributed by atoms with Gasteiger partial charge in [0.15, 0.2) is 5.82 Å². The molecule has 150 valence electrons. The first kappa shape index (κ1) is 18.9. The Labute approximate surface area is 168 Å². The Morgan fingerprint density at radius 1 is 1.28 bits per heavy atom. The van der Waals surface area contributed by atoms with Gasteiger partial charge in [-0.1, -0.05) is 0 Å². The van der Waals surface area contributed by atoms with Gasteiger partial charge in [-0.3, -0.25) is 14.9 Å². The third-order valence-electron chi connectivity index (χ3n) is 4.75. The molecular formula is C20H23N7O2. The molecule has 4 heterocycles. The number of nitrogens with one attached hydrogen (secondary N) is 2. The second-order valence-corrected chi connectivity index (χ2v) is 6.92. The van der Waals surface area contributed by atoms with Gasteiger partial charge < -0.3 is 15.0 Å². The predicted octanol–water partition coefficient (Wildman–Crippen LogP) is 2.20. The monoisotopic (exact) mass is 393 g/mol. The number of carbonyl (C=O) groups is 1. The third-order valence-corrected chi connectivity index (χ3v) is 4.75. The summed E-state index contributed by atoms with van der Waals surface area (Å²) in [7, 11) is 0. The van der Waals surface area contributed by atoms with Crippen molar-refractivity contribution in [3.8, 4) is 5.75 Å². The fourth-order valence-electron chi connectivity index (χ4n) is 3.23. The topological polar surface area (TPSA) is 109 Å². The molecule has 0 radical (unpaired) electrons. The summed E-state index contributed by atoms with van der Waals surface area (Å²) in [5.74, 6) is 2.87. The van der Waals surface area contributed by atoms with E-state index in [9.17, 15) is 4.79 Å². The summed E-state index contributed by atoms with van der Waals surface area (Å²) in [4.78, 5) is 27.2. The number of likely N-dealkylation sites (tertiary alicyclic amines) is 1. The van der Waals surface area contributed by atoms with Crippen LogP contribution in [0.1, 0.15) is 34.8 Å². The zero-order valence-electron chi connectivity index (χ0n) is 16.2. The Morgan fingerprint density at radius 2 is 2.14 bits per heavy atom. The summed E-state index contributed by atoms with van der Waals surface area (Å²) in [6.45, 7) is 3.64. The average Bonchev–Trinajstić information content (AvgIpc) is 3.19. The van der Waals surface area contributed by atoms with Crippen molar-refractivity contribution in [2.75, 3.05) is 18.4 Å². The highest BCUT2D eigenvalue weighted by Crippen LogP contribution is 2.19. The molecule has 3 aromatic rings. The number of amides is 1. The number of hydrogen-bond donors (Lipinski definition) is 2. The third kappa shape index (κ3) is 4.87. The normalized spacial score (nSPS) is 14.6. The SMILES string of the molecule is Cc1nc(CNc2ccc(C(=O)N3CCC(Oc4cccnc4)CC3)cn2)n[nH]1. The Bertz CT molecular complexity index is 935. The minimum Gasteiger partial charge on any atom is -0.489 e. The smallest absolute Gasteiger partial charge is 0.255 e. The van der Waals surface area contributed by atoms with Crippen molar-refractivity contribution >= 4 is 11.7 Å². The molecule has 0 saturated carbocycles. The first-order chi connectivity index (χ1) is 14.2. The maximum absolute atomic E-state index is 12.7. The lowest BCUT2D eigenvalue weighted by Gasteiger charge is -2.32. The Morgan fingerprint density at radius 3 is 2.79 bits per heavy atom. The van der Waals surface area contributed by atoms with E-state index in [1.807, 2.05) is 24.0 Å². The molecule has 9 nitrogen and oxygen atoms in total. The molecule has 9 heteroatoms. The highest BCUT2D eigenvalue weighted by atomic mass is 16.5. The van der Waals surface area contributed by atoms with Gasteiger partial charge in [0.05, 0.1) is 18.3 Å². The van der Waals surface area contributed by atoms with Crippen LogP contribution >= 0.6 is 0 Å². The molecule has 0 bridgehead atoms. The summed E-state index contributed by atoms with van der Waals surface area (Å²) >= 11 is 0. The number of rotatable bonds is 6. The molecule has 29 heavy (non-hydrogen) atoms. The van der Waals surface area contributed by atoms with Gasteiger partial charge in [-0.2, -0.15) is 5.10 Å². The number of hydrogen-bond acceptors (Lipinski definition) is 7. The number of aromatic amines is 1. The van der Waals surface area contributed by atoms with Crippen LogP contribution in [-0.2, 0) is 6.54 Å². The molecule has 1 fully saturated rings. The van der Waals surface area contributed by atoms with E-state index in [-0.39, 0.29) is 12.0 Å². The van der Waals surface area contributed by atoms with Crippen LogP contribution in [-0.4, -0.2) is 55.1 Å². The van der Waals surface area contributed by atoms with Gasteiger partial charge in [0.25, 0.3) is 5.91 Å². The molecule has 1 amide bonds. The van der Waals surface area contributed by atoms with Gasteiger partial charge in [-0.25, -0.2) is 9.97 Å². The molecule has 4 rings (SSSR count). The van der Waals surface area contributed by atoms with Crippen LogP contribution in [0, 0.1) is 6.92 Å². The van der Waals surface area contributed by atoms with E-state index in [1.54, 1.807) is 30.7 Å². The molecular weight excluding hydrogens is 370 g/mol. The van der Waals surface area contributed by atoms with E-state index in [2.05, 4.69) is 30.5 Å². The molecule has 2 N–H and O–H groups in total. The number of H-pyrrole nitrogens is 1. The molecule has 1 saturated heterocycles. The number of pyridine rings is 2. The zero-order chi connectivity index (χ0) is 20.1. The molecule has 0 spiro atoms. The Hall–Kier alpha value is -3.49. The highest BCUT2D eigenvalue weighted by Gasteiger charge is 2.25. The lowest BCUT2D eigenvalue weighted by Crippen LogP contribution is -2.41. The van der Waals surface area contributed by atoms with E-state index in [4.69, 9.17) is 4.74 Å². The number of ether oxygens (including phenoxy) is 1. The van der Waals surface area contributed by atoms with Gasteiger partial charge in [0, 0.05) is 38.3 Å². The van der Waals surface area contributed by atoms with Crippen LogP contribution in [0.5, 0.6) is 5.75 Å². The maximum atomic E-state index is 12.7. The summed E-state index contributed by atoms with van der Waals surface area (Å²) in [6, 6.07) is 7.34. The lowest BCUT2D eigenvalue weighted by atomic mass is 10.1. The van der Waals surface area contributed by atoms with Crippen molar-refractivity contribution in [3.05, 3.63) is 60.1 Å². The first-order valence-corrected chi connectivity index (χ1v) is 9.61. The Kier molecular flexibility index (Phi) is 5.64. The number of aryl methyl sites for hydroxylation is 1. The number of piperidine rings is 1. The van der Waals surface area contributed by atoms with Gasteiger partial charge >= 0.3 is 0 Å². The number of carbonyl (C=O) groups excluding carboxylic acids is 1. The van der Waals surface area contributed by atoms with Crippen LogP contribution < -0.4 is 10.1 Å². The summed E-state index contributed by atoms with van der Waals surface area (Å²) in [5.41, 5.74) is 0.580. The fraction of sp³-hybridized carbons (Fsp3) is 0.350. The summed E-state index contributed by atoms with van der Waals surface area (Å²) < 4.78 is 5.94. The molecule has 1 aliphatic rings. The predicted molar refractivity (Wildman–Crippen MR) is 106 cm³/mol. The quantitative estimate of drug-likeness (QED) is 0.661. The number of nitrogens with zero attached hydrogens (tertiary/aromatic N) is 5. The fourth-order valence-corrected chi connectivity index (χ4v) is 3.23. The molecule has 0 unspecified atom stereocenters. The van der Waals surface area contributed by atoms with Crippen molar-refractivity contribution in [1.82, 2.24) is 30.0 Å². The van der Waals surface area contributed by atoms with Gasteiger partial charge in [0.2, 0.25) is 0 Å². The van der Waals surface area contributed by atoms with Crippen LogP contribution in [0.25, 0.3) is 0 Å². The van der Waals surface area contributed by atoms with Crippen molar-refractivity contribution in [2.24, 2.45) is 0 Å². The van der Waals surface area contributed by atoms with Gasteiger partial charge in [0.1, 0.15) is 23.5 Å². The van der Waals surface area contributed by atoms with E-state index < -0.39 is 0 Å². The second-order valence-electron chi connectivity index (χ2n) is 6.92. The summed E-state index contributed by atoms with van der Waals surface area (Å²) in [5, 5.41) is 10.0. The molecule has 0 aliphatic carbocycles. The van der Waals surface area contributed by atoms with Gasteiger partial charge in [-0.15, -0.1) is 0 Å². The van der Waals surface area contributed by atoms with Gasteiger partial charge in [-0.05, 0) is 31.2 Å². The van der Waals surface area contributed by atoms with Crippen LogP contribution in [0.15, 0.2) is 42.9 Å². The van der Waals surface area contributed by atoms with Crippen molar-refractivity contribution in [3.63, 3.8) is 0 Å². The van der Waals surface area contributed by atoms with Crippen LogP contribution in [0.4, 0.5) is 5.82 Å². The van der Waals surface area contributed by atoms with E-state index in [0.29, 0.717) is 36.8 Å². The molecule has 1 aliphatic heterocycles. The average molecular weight is 393 g/mol. The number of anilines is 1. The molecule has 0 atom stereocenters. The van der Waals surface area contributed by atoms with E-state index in [1.165, 1.54) is 0 Å².